The molecule has 1 saturated carbocycles. The number of amides is 2. The second-order valence-electron chi connectivity index (χ2n) is 35.0. The number of phenolic OH excluding ortho intramolecular Hbond substituents is 1. The van der Waals surface area contributed by atoms with Gasteiger partial charge in [0.25, 0.3) is 11.8 Å². The Balaban J connectivity index is 0.000000179. The van der Waals surface area contributed by atoms with Gasteiger partial charge in [0.2, 0.25) is 0 Å². The number of carbonyl (C=O) groups excluding carboxylic acids is 2. The van der Waals surface area contributed by atoms with Crippen LogP contribution in [0.3, 0.4) is 0 Å². The number of hydrogen-bond acceptors (Lipinski definition) is 14. The van der Waals surface area contributed by atoms with Gasteiger partial charge in [0.05, 0.1) is 28.2 Å². The van der Waals surface area contributed by atoms with E-state index in [0.717, 1.165) is 192 Å². The molecular weight excluding hydrogens is 1670 g/mol. The summed E-state index contributed by atoms with van der Waals surface area (Å²) >= 11 is 6.03. The minimum absolute atomic E-state index is 0.0274. The molecule has 1 aliphatic carbocycles. The first-order valence-electron chi connectivity index (χ1n) is 44.8. The number of allylic oxidation sites excluding steroid dienone is 10. The number of hydrogen-bond donors (Lipinski definition) is 8. The van der Waals surface area contributed by atoms with Crippen molar-refractivity contribution in [3.8, 4) is 11.5 Å². The van der Waals surface area contributed by atoms with Gasteiger partial charge in [-0.2, -0.15) is 4.31 Å². The monoisotopic (exact) mass is 1800 g/mol. The van der Waals surface area contributed by atoms with Crippen molar-refractivity contribution in [3.05, 3.63) is 293 Å². The number of nitrogens with one attached hydrogen (secondary N) is 5. The van der Waals surface area contributed by atoms with Crippen LogP contribution in [-0.2, 0) is 22.5 Å². The average Bonchev–Trinajstić information content (AvgIpc) is 1.56. The summed E-state index contributed by atoms with van der Waals surface area (Å²) < 4.78 is 48.9. The number of aryl methyl sites for hydroxylation is 2. The van der Waals surface area contributed by atoms with E-state index >= 15 is 0 Å². The van der Waals surface area contributed by atoms with Crippen LogP contribution in [0.1, 0.15) is 207 Å². The smallest absolute Gasteiger partial charge is 0.483 e. The molecule has 13 rings (SSSR count). The van der Waals surface area contributed by atoms with Crippen LogP contribution < -0.4 is 26.7 Å². The third kappa shape index (κ3) is 30.1. The number of aromatic hydroxyl groups is 1. The van der Waals surface area contributed by atoms with Crippen LogP contribution in [0.25, 0.3) is 44.1 Å². The number of phosphoric acid groups is 2. The normalized spacial score (nSPS) is 17.3. The van der Waals surface area contributed by atoms with Gasteiger partial charge in [0.1, 0.15) is 23.8 Å². The van der Waals surface area contributed by atoms with Crippen molar-refractivity contribution in [1.82, 2.24) is 49.4 Å². The van der Waals surface area contributed by atoms with Gasteiger partial charge in [-0.05, 0) is 273 Å². The molecule has 10 aromatic rings. The molecule has 3 aliphatic rings. The third-order valence-corrected chi connectivity index (χ3v) is 26.8. The lowest BCUT2D eigenvalue weighted by Gasteiger charge is -2.32. The van der Waals surface area contributed by atoms with Crippen LogP contribution in [0.2, 0.25) is 5.02 Å². The van der Waals surface area contributed by atoms with Gasteiger partial charge in [0, 0.05) is 111 Å². The molecule has 5 heterocycles. The van der Waals surface area contributed by atoms with Gasteiger partial charge in [-0.15, -0.1) is 0 Å². The zero-order valence-electron chi connectivity index (χ0n) is 77.1. The van der Waals surface area contributed by atoms with Crippen molar-refractivity contribution in [2.24, 2.45) is 11.3 Å². The summed E-state index contributed by atoms with van der Waals surface area (Å²) in [5.41, 5.74) is 20.1. The molecule has 3 aromatic heterocycles. The Labute approximate surface area is 760 Å². The van der Waals surface area contributed by atoms with Crippen LogP contribution in [0.4, 0.5) is 0 Å². The number of benzene rings is 7. The third-order valence-electron chi connectivity index (χ3n) is 23.9. The number of phenols is 1. The Morgan fingerprint density at radius 1 is 0.586 bits per heavy atom. The number of carbonyl (C=O) groups is 2. The Kier molecular flexibility index (Phi) is 37.6. The number of ether oxygens (including phenoxy) is 1. The number of aromatic amines is 3. The minimum atomic E-state index is -5.06. The topological polar surface area (TPSA) is 291 Å². The lowest BCUT2D eigenvalue weighted by Crippen LogP contribution is -2.41. The van der Waals surface area contributed by atoms with Crippen molar-refractivity contribution in [1.29, 1.82) is 0 Å². The quantitative estimate of drug-likeness (QED) is 0.0103. The minimum Gasteiger partial charge on any atom is -0.508 e. The number of aromatic nitrogens is 5. The Hall–Kier alpha value is -9.97. The van der Waals surface area contributed by atoms with E-state index in [1.807, 2.05) is 146 Å². The van der Waals surface area contributed by atoms with Crippen molar-refractivity contribution in [2.45, 2.75) is 178 Å². The molecule has 4 unspecified atom stereocenters. The predicted molar refractivity (Wildman–Crippen MR) is 521 cm³/mol. The summed E-state index contributed by atoms with van der Waals surface area (Å²) in [7, 11) is -4.35. The van der Waals surface area contributed by atoms with Gasteiger partial charge in [-0.3, -0.25) is 27.8 Å². The van der Waals surface area contributed by atoms with E-state index in [1.54, 1.807) is 18.2 Å². The first-order chi connectivity index (χ1) is 61.2. The highest BCUT2D eigenvalue weighted by Gasteiger charge is 2.63. The number of imidazole rings is 2. The standard InChI is InChI=1S/C30H52O7P2.C26H29NO2.C24H27N5O2.C22H25ClN4O2/c1-23(2)14-10-16-25(5)18-12-19-27(7)22-28-29(36-39(34,35-9)37-38(31,32)33)30(28,8)21-13-20-26(6)17-11-15-24(3)4;1-4-25(20-8-6-5-7-9-20)26(21-10-14-23(28)15-11-21)22-12-16-24(17-13-22)29-19-18-27(2)3;1-16-6-7-19-17(14-16)15-21(26-19)23(30)25-10-13-28-11-8-18(9-12-28)29-22-5-3-2-4-20(22)27-24(29)31;1-15-2-4-16(5-3-15)21(28)24-10-13-26-11-8-18(9-12-26)27-20-7-6-17(23)14-19(20)25-22(27)29/h14-15,18,20,22,28-29H,10-13,16-17,19,21H2,1-9H3,(H2,31,32,33);5-17,28H,4,18-19H2,1-3H3;2-7,14-15,18,26H,8-13H2,1H3,(H,25,30)(H,27,31);2-7,14,18H,8-13H2,1H3,(H,24,28)(H,25,29)/b25-18+,26-20+,27-22+;26-25-;;. The van der Waals surface area contributed by atoms with Crippen molar-refractivity contribution >= 4 is 83.2 Å². The Morgan fingerprint density at radius 3 is 1.68 bits per heavy atom. The molecule has 4 atom stereocenters. The summed E-state index contributed by atoms with van der Waals surface area (Å²) in [5, 5.41) is 17.4. The summed E-state index contributed by atoms with van der Waals surface area (Å²) in [6.45, 7) is 31.1. The van der Waals surface area contributed by atoms with E-state index < -0.39 is 21.7 Å². The second-order valence-corrected chi connectivity index (χ2v) is 38.5. The molecule has 0 radical (unpaired) electrons. The lowest BCUT2D eigenvalue weighted by molar-refractivity contribution is 0.0934. The maximum atomic E-state index is 12.9. The van der Waals surface area contributed by atoms with E-state index in [-0.39, 0.29) is 52.4 Å². The van der Waals surface area contributed by atoms with Gasteiger partial charge in [0.15, 0.2) is 0 Å². The number of phosphoric ester groups is 1. The van der Waals surface area contributed by atoms with E-state index in [2.05, 4.69) is 180 Å². The maximum absolute atomic E-state index is 12.9. The molecule has 26 heteroatoms. The van der Waals surface area contributed by atoms with Gasteiger partial charge >= 0.3 is 27.0 Å². The number of likely N-dealkylation sites (tertiary alicyclic amines) is 2. The Bertz CT molecular complexity index is 5730. The van der Waals surface area contributed by atoms with Crippen LogP contribution >= 0.6 is 27.2 Å². The number of piperidine rings is 2. The molecular formula is C102H133ClN10O13P2. The molecule has 128 heavy (non-hydrogen) atoms. The number of halogens is 1. The fourth-order valence-electron chi connectivity index (χ4n) is 16.6. The highest BCUT2D eigenvalue weighted by molar-refractivity contribution is 7.61. The summed E-state index contributed by atoms with van der Waals surface area (Å²) in [5.74, 6) is 0.968. The second kappa shape index (κ2) is 48.1. The fraction of sp³-hybridized carbons (Fsp3) is 0.412. The SMILES string of the molecule is CC/C(=C(\c1ccc(O)cc1)c1ccc(OCCN(C)C)cc1)c1ccccc1.COP(=O)(OC1C(/C=C(\C)CC/C=C(\C)CCC=C(C)C)C1(C)CC/C=C(\C)CCC=C(C)C)OP(=O)(O)O.Cc1ccc(C(=O)NCCN2CCC(n3c(=O)[nH]c4cc(Cl)ccc43)CC2)cc1.Cc1ccc2[nH]c(C(=O)NCCN3CCC(n4c(=O)[nH]c5ccccc54)CC3)cc2c1. The molecule has 8 N–H and O–H groups in total. The van der Waals surface area contributed by atoms with Crippen molar-refractivity contribution in [2.75, 3.05) is 86.7 Å². The molecule has 2 saturated heterocycles. The van der Waals surface area contributed by atoms with E-state index in [4.69, 9.17) is 25.4 Å². The highest BCUT2D eigenvalue weighted by Crippen LogP contribution is 2.69. The number of nitrogens with zero attached hydrogens (tertiary/aromatic N) is 5. The molecule has 2 amide bonds. The van der Waals surface area contributed by atoms with Gasteiger partial charge in [-0.25, -0.2) is 18.7 Å². The molecule has 7 aromatic carbocycles. The van der Waals surface area contributed by atoms with Crippen LogP contribution in [0.15, 0.2) is 238 Å². The van der Waals surface area contributed by atoms with Gasteiger partial charge < -0.3 is 59.9 Å². The van der Waals surface area contributed by atoms with Crippen molar-refractivity contribution in [3.63, 3.8) is 0 Å². The fourth-order valence-corrected chi connectivity index (χ4v) is 19.0. The maximum Gasteiger partial charge on any atom is 0.483 e. The predicted octanol–water partition coefficient (Wildman–Crippen LogP) is 22.0. The molecule has 3 fully saturated rings. The van der Waals surface area contributed by atoms with E-state index in [0.29, 0.717) is 36.0 Å². The number of likely N-dealkylation sites (N-methyl/N-ethyl adjacent to an activating group) is 1. The average molecular weight is 1800 g/mol. The molecule has 686 valence electrons. The number of rotatable bonds is 36. The molecule has 2 aliphatic heterocycles. The lowest BCUT2D eigenvalue weighted by atomic mass is 9.88. The zero-order chi connectivity index (χ0) is 92.2. The van der Waals surface area contributed by atoms with Crippen LogP contribution in [0.5, 0.6) is 11.5 Å². The molecule has 23 nitrogen and oxygen atoms in total. The first-order valence-corrected chi connectivity index (χ1v) is 48.1. The number of H-pyrrole nitrogens is 3. The molecule has 0 spiro atoms. The number of fused-ring (bicyclic) bond motifs is 3. The van der Waals surface area contributed by atoms with Crippen LogP contribution in [-0.4, -0.2) is 158 Å². The summed E-state index contributed by atoms with van der Waals surface area (Å²) in [4.78, 5) is 83.9. The van der Waals surface area contributed by atoms with E-state index in [9.17, 15) is 43.2 Å². The summed E-state index contributed by atoms with van der Waals surface area (Å²) in [6.07, 6.45) is 22.7. The molecule has 0 bridgehead atoms. The van der Waals surface area contributed by atoms with Crippen molar-refractivity contribution < 1.29 is 51.7 Å². The van der Waals surface area contributed by atoms with Gasteiger partial charge in [-0.1, -0.05) is 180 Å². The van der Waals surface area contributed by atoms with E-state index in [1.165, 1.54) is 50.1 Å². The number of para-hydroxylation sites is 2. The first kappa shape index (κ1) is 100. The van der Waals surface area contributed by atoms with Crippen LogP contribution in [0, 0.1) is 25.2 Å². The zero-order valence-corrected chi connectivity index (χ0v) is 79.6. The summed E-state index contributed by atoms with van der Waals surface area (Å²) in [6, 6.07) is 55.6. The Morgan fingerprint density at radius 2 is 1.11 bits per heavy atom. The highest BCUT2D eigenvalue weighted by atomic mass is 35.5. The largest absolute Gasteiger partial charge is 0.508 e.